The second-order valence-corrected chi connectivity index (χ2v) is 3.64. The average molecular weight is 195 g/mol. The predicted octanol–water partition coefficient (Wildman–Crippen LogP) is 1.52. The smallest absolute Gasteiger partial charge is 0.0373 e. The second-order valence-electron chi connectivity index (χ2n) is 3.64. The van der Waals surface area contributed by atoms with E-state index in [0.717, 1.165) is 6.54 Å². The lowest BCUT2D eigenvalue weighted by Gasteiger charge is -2.25. The van der Waals surface area contributed by atoms with E-state index in [9.17, 15) is 0 Å². The number of hydrogen-bond acceptors (Lipinski definition) is 2. The molecule has 1 aromatic heterocycles. The first-order chi connectivity index (χ1) is 6.83. The zero-order chi connectivity index (χ0) is 10.4. The summed E-state index contributed by atoms with van der Waals surface area (Å²) >= 11 is 0. The quantitative estimate of drug-likeness (QED) is 0.644. The van der Waals surface area contributed by atoms with Gasteiger partial charge >= 0.3 is 0 Å². The number of rotatable bonds is 6. The van der Waals surface area contributed by atoms with Crippen molar-refractivity contribution in [2.75, 3.05) is 20.6 Å². The Morgan fingerprint density at radius 1 is 1.43 bits per heavy atom. The van der Waals surface area contributed by atoms with Crippen molar-refractivity contribution in [1.29, 1.82) is 0 Å². The summed E-state index contributed by atoms with van der Waals surface area (Å²) in [6.07, 6.45) is 5.22. The van der Waals surface area contributed by atoms with Gasteiger partial charge in [0.1, 0.15) is 0 Å². The van der Waals surface area contributed by atoms with Crippen molar-refractivity contribution >= 4 is 0 Å². The molecular weight excluding hydrogens is 174 g/mol. The minimum absolute atomic E-state index is 0.443. The van der Waals surface area contributed by atoms with Gasteiger partial charge in [0, 0.05) is 18.4 Å². The summed E-state index contributed by atoms with van der Waals surface area (Å²) in [6, 6.07) is 2.58. The van der Waals surface area contributed by atoms with Crippen LogP contribution >= 0.6 is 0 Å². The number of aromatic nitrogens is 1. The van der Waals surface area contributed by atoms with Gasteiger partial charge in [-0.05, 0) is 38.2 Å². The molecule has 0 aliphatic heterocycles. The van der Waals surface area contributed by atoms with Gasteiger partial charge in [-0.15, -0.1) is 0 Å². The van der Waals surface area contributed by atoms with Crippen molar-refractivity contribution in [2.45, 2.75) is 19.4 Å². The number of aromatic amines is 1. The number of H-pyrrole nitrogens is 1. The molecule has 0 fully saturated rings. The largest absolute Gasteiger partial charge is 0.367 e. The summed E-state index contributed by atoms with van der Waals surface area (Å²) < 4.78 is 0. The maximum atomic E-state index is 3.38. The van der Waals surface area contributed by atoms with Gasteiger partial charge in [0.05, 0.1) is 0 Å². The molecule has 1 rings (SSSR count). The van der Waals surface area contributed by atoms with Crippen LogP contribution in [0.3, 0.4) is 0 Å². The van der Waals surface area contributed by atoms with Gasteiger partial charge in [-0.1, -0.05) is 13.3 Å². The minimum Gasteiger partial charge on any atom is -0.367 e. The van der Waals surface area contributed by atoms with Gasteiger partial charge in [-0.3, -0.25) is 0 Å². The van der Waals surface area contributed by atoms with Gasteiger partial charge in [0.25, 0.3) is 0 Å². The molecular formula is C11H21N3. The number of nitrogens with one attached hydrogen (secondary N) is 3. The normalized spacial score (nSPS) is 15.4. The Morgan fingerprint density at radius 2 is 2.21 bits per heavy atom. The highest BCUT2D eigenvalue weighted by Gasteiger charge is 2.19. The molecule has 3 heteroatoms. The van der Waals surface area contributed by atoms with Crippen molar-refractivity contribution < 1.29 is 0 Å². The molecule has 2 atom stereocenters. The highest BCUT2D eigenvalue weighted by atomic mass is 14.9. The Labute approximate surface area is 86.3 Å². The van der Waals surface area contributed by atoms with Crippen molar-refractivity contribution in [1.82, 2.24) is 15.6 Å². The SMILES string of the molecule is CCC(CNC)C(NC)c1cc[nH]c1. The van der Waals surface area contributed by atoms with Crippen LogP contribution in [0.4, 0.5) is 0 Å². The summed E-state index contributed by atoms with van der Waals surface area (Å²) in [7, 11) is 4.03. The highest BCUT2D eigenvalue weighted by molar-refractivity contribution is 5.15. The summed E-state index contributed by atoms with van der Waals surface area (Å²) in [4.78, 5) is 3.11. The maximum absolute atomic E-state index is 3.38. The molecule has 0 spiro atoms. The fourth-order valence-electron chi connectivity index (χ4n) is 1.96. The van der Waals surface area contributed by atoms with Crippen LogP contribution in [0.15, 0.2) is 18.5 Å². The molecule has 0 saturated carbocycles. The van der Waals surface area contributed by atoms with Crippen molar-refractivity contribution in [2.24, 2.45) is 5.92 Å². The molecule has 1 aromatic rings. The lowest BCUT2D eigenvalue weighted by molar-refractivity contribution is 0.360. The van der Waals surface area contributed by atoms with E-state index < -0.39 is 0 Å². The first-order valence-electron chi connectivity index (χ1n) is 5.28. The standard InChI is InChI=1S/C11H21N3/c1-4-9(7-12-2)11(13-3)10-5-6-14-8-10/h5-6,8-9,11-14H,4,7H2,1-3H3. The van der Waals surface area contributed by atoms with Crippen LogP contribution in [0.2, 0.25) is 0 Å². The Kier molecular flexibility index (Phi) is 4.70. The van der Waals surface area contributed by atoms with Gasteiger partial charge in [0.2, 0.25) is 0 Å². The molecule has 0 bridgehead atoms. The Hall–Kier alpha value is -0.800. The Morgan fingerprint density at radius 3 is 2.64 bits per heavy atom. The Balaban J connectivity index is 2.68. The molecule has 0 amide bonds. The molecule has 0 radical (unpaired) electrons. The summed E-state index contributed by atoms with van der Waals surface area (Å²) in [6.45, 7) is 3.28. The molecule has 0 aliphatic carbocycles. The third-order valence-electron chi connectivity index (χ3n) is 2.75. The third-order valence-corrected chi connectivity index (χ3v) is 2.75. The van der Waals surface area contributed by atoms with Gasteiger partial charge in [-0.25, -0.2) is 0 Å². The van der Waals surface area contributed by atoms with Crippen molar-refractivity contribution in [3.05, 3.63) is 24.0 Å². The fraction of sp³-hybridized carbons (Fsp3) is 0.636. The average Bonchev–Trinajstić information content (AvgIpc) is 2.71. The first-order valence-corrected chi connectivity index (χ1v) is 5.28. The van der Waals surface area contributed by atoms with E-state index in [4.69, 9.17) is 0 Å². The molecule has 80 valence electrons. The molecule has 0 saturated heterocycles. The third kappa shape index (κ3) is 2.59. The van der Waals surface area contributed by atoms with E-state index in [1.165, 1.54) is 12.0 Å². The van der Waals surface area contributed by atoms with Crippen LogP contribution in [0.5, 0.6) is 0 Å². The van der Waals surface area contributed by atoms with E-state index in [1.807, 2.05) is 20.3 Å². The van der Waals surface area contributed by atoms with Crippen molar-refractivity contribution in [3.63, 3.8) is 0 Å². The summed E-state index contributed by atoms with van der Waals surface area (Å²) in [5, 5.41) is 6.63. The van der Waals surface area contributed by atoms with Gasteiger partial charge in [0.15, 0.2) is 0 Å². The van der Waals surface area contributed by atoms with Crippen LogP contribution in [-0.4, -0.2) is 25.6 Å². The zero-order valence-electron chi connectivity index (χ0n) is 9.30. The highest BCUT2D eigenvalue weighted by Crippen LogP contribution is 2.23. The fourth-order valence-corrected chi connectivity index (χ4v) is 1.96. The van der Waals surface area contributed by atoms with Gasteiger partial charge < -0.3 is 15.6 Å². The monoisotopic (exact) mass is 195 g/mol. The first kappa shape index (κ1) is 11.3. The minimum atomic E-state index is 0.443. The van der Waals surface area contributed by atoms with E-state index >= 15 is 0 Å². The molecule has 1 heterocycles. The van der Waals surface area contributed by atoms with E-state index in [1.54, 1.807) is 0 Å². The Bertz CT molecular complexity index is 231. The lowest BCUT2D eigenvalue weighted by Crippen LogP contribution is -2.31. The van der Waals surface area contributed by atoms with Crippen LogP contribution in [-0.2, 0) is 0 Å². The molecule has 2 unspecified atom stereocenters. The molecule has 3 nitrogen and oxygen atoms in total. The molecule has 0 aromatic carbocycles. The second kappa shape index (κ2) is 5.83. The maximum Gasteiger partial charge on any atom is 0.0373 e. The topological polar surface area (TPSA) is 39.8 Å². The zero-order valence-corrected chi connectivity index (χ0v) is 9.30. The number of hydrogen-bond donors (Lipinski definition) is 3. The van der Waals surface area contributed by atoms with Crippen LogP contribution in [0.25, 0.3) is 0 Å². The van der Waals surface area contributed by atoms with E-state index in [-0.39, 0.29) is 0 Å². The summed E-state index contributed by atoms with van der Waals surface area (Å²) in [5.74, 6) is 0.640. The lowest BCUT2D eigenvalue weighted by atomic mass is 9.92. The molecule has 0 aliphatic rings. The van der Waals surface area contributed by atoms with Gasteiger partial charge in [-0.2, -0.15) is 0 Å². The van der Waals surface area contributed by atoms with Crippen LogP contribution in [0.1, 0.15) is 24.9 Å². The molecule has 14 heavy (non-hydrogen) atoms. The van der Waals surface area contributed by atoms with E-state index in [0.29, 0.717) is 12.0 Å². The summed E-state index contributed by atoms with van der Waals surface area (Å²) in [5.41, 5.74) is 1.34. The predicted molar refractivity (Wildman–Crippen MR) is 60.3 cm³/mol. The van der Waals surface area contributed by atoms with E-state index in [2.05, 4.69) is 34.8 Å². The molecule has 3 N–H and O–H groups in total. The van der Waals surface area contributed by atoms with Crippen LogP contribution in [0, 0.1) is 5.92 Å². The van der Waals surface area contributed by atoms with Crippen LogP contribution < -0.4 is 10.6 Å². The van der Waals surface area contributed by atoms with Crippen molar-refractivity contribution in [3.8, 4) is 0 Å².